The van der Waals surface area contributed by atoms with Crippen molar-refractivity contribution in [2.45, 2.75) is 25.8 Å². The molecule has 0 fully saturated rings. The van der Waals surface area contributed by atoms with E-state index in [4.69, 9.17) is 10.5 Å². The summed E-state index contributed by atoms with van der Waals surface area (Å²) in [5.74, 6) is 0.934. The van der Waals surface area contributed by atoms with Gasteiger partial charge in [-0.05, 0) is 19.4 Å². The van der Waals surface area contributed by atoms with Crippen molar-refractivity contribution in [2.24, 2.45) is 5.73 Å². The summed E-state index contributed by atoms with van der Waals surface area (Å²) in [6.07, 6.45) is 1.22. The van der Waals surface area contributed by atoms with E-state index in [1.165, 1.54) is 0 Å². The molecule has 1 atom stereocenters. The van der Waals surface area contributed by atoms with Gasteiger partial charge in [-0.2, -0.15) is 0 Å². The number of nitrogens with two attached hydrogens (primary N) is 1. The van der Waals surface area contributed by atoms with Crippen LogP contribution in [0, 0.1) is 0 Å². The van der Waals surface area contributed by atoms with Gasteiger partial charge in [0.15, 0.2) is 0 Å². The molecule has 18 heavy (non-hydrogen) atoms. The van der Waals surface area contributed by atoms with Crippen molar-refractivity contribution < 1.29 is 9.53 Å². The molecule has 0 unspecified atom stereocenters. The molecule has 2 N–H and O–H groups in total. The molecule has 0 bridgehead atoms. The van der Waals surface area contributed by atoms with Gasteiger partial charge in [0.25, 0.3) is 0 Å². The van der Waals surface area contributed by atoms with Crippen LogP contribution in [0.25, 0.3) is 0 Å². The van der Waals surface area contributed by atoms with Gasteiger partial charge in [0, 0.05) is 32.1 Å². The average molecular weight is 250 g/mol. The Morgan fingerprint density at radius 3 is 2.67 bits per heavy atom. The van der Waals surface area contributed by atoms with Crippen LogP contribution in [-0.4, -0.2) is 31.5 Å². The van der Waals surface area contributed by atoms with Gasteiger partial charge in [0.1, 0.15) is 5.75 Å². The number of amides is 1. The summed E-state index contributed by atoms with van der Waals surface area (Å²) in [4.78, 5) is 13.0. The number of hydrogen-bond acceptors (Lipinski definition) is 3. The van der Waals surface area contributed by atoms with Crippen molar-refractivity contribution in [3.05, 3.63) is 29.8 Å². The molecule has 0 heterocycles. The summed E-state index contributed by atoms with van der Waals surface area (Å²) >= 11 is 0. The highest BCUT2D eigenvalue weighted by molar-refractivity contribution is 5.75. The van der Waals surface area contributed by atoms with Crippen molar-refractivity contribution in [3.63, 3.8) is 0 Å². The molecule has 1 amide bonds. The Bertz CT molecular complexity index is 389. The number of nitrogens with zero attached hydrogens (tertiary/aromatic N) is 1. The highest BCUT2D eigenvalue weighted by Crippen LogP contribution is 2.23. The SMILES string of the molecule is C[C@H](N)c1ccccc1OCCCC(=O)N(C)C. The van der Waals surface area contributed by atoms with Gasteiger partial charge in [-0.1, -0.05) is 18.2 Å². The van der Waals surface area contributed by atoms with E-state index >= 15 is 0 Å². The van der Waals surface area contributed by atoms with E-state index in [2.05, 4.69) is 0 Å². The normalized spacial score (nSPS) is 12.0. The quantitative estimate of drug-likeness (QED) is 0.785. The van der Waals surface area contributed by atoms with Crippen molar-refractivity contribution >= 4 is 5.91 Å². The molecule has 100 valence electrons. The average Bonchev–Trinajstić information content (AvgIpc) is 2.34. The van der Waals surface area contributed by atoms with Crippen molar-refractivity contribution in [1.29, 1.82) is 0 Å². The second-order valence-corrected chi connectivity index (χ2v) is 4.57. The molecule has 0 radical (unpaired) electrons. The summed E-state index contributed by atoms with van der Waals surface area (Å²) < 4.78 is 5.68. The lowest BCUT2D eigenvalue weighted by Crippen LogP contribution is -2.21. The summed E-state index contributed by atoms with van der Waals surface area (Å²) in [6, 6.07) is 7.69. The zero-order valence-electron chi connectivity index (χ0n) is 11.3. The highest BCUT2D eigenvalue weighted by atomic mass is 16.5. The third kappa shape index (κ3) is 4.37. The lowest BCUT2D eigenvalue weighted by atomic mass is 10.1. The molecular weight excluding hydrogens is 228 g/mol. The Hall–Kier alpha value is -1.55. The number of carbonyl (C=O) groups excluding carboxylic acids is 1. The molecule has 0 saturated heterocycles. The maximum Gasteiger partial charge on any atom is 0.222 e. The third-order valence-corrected chi connectivity index (χ3v) is 2.70. The predicted molar refractivity (Wildman–Crippen MR) is 72.5 cm³/mol. The minimum Gasteiger partial charge on any atom is -0.493 e. The van der Waals surface area contributed by atoms with Gasteiger partial charge in [0.05, 0.1) is 6.61 Å². The number of carbonyl (C=O) groups is 1. The van der Waals surface area contributed by atoms with Crippen LogP contribution in [0.4, 0.5) is 0 Å². The topological polar surface area (TPSA) is 55.6 Å². The van der Waals surface area contributed by atoms with Crippen molar-refractivity contribution in [3.8, 4) is 5.75 Å². The summed E-state index contributed by atoms with van der Waals surface area (Å²) in [5.41, 5.74) is 6.86. The summed E-state index contributed by atoms with van der Waals surface area (Å²) in [5, 5.41) is 0. The lowest BCUT2D eigenvalue weighted by molar-refractivity contribution is -0.128. The minimum atomic E-state index is -0.0513. The highest BCUT2D eigenvalue weighted by Gasteiger charge is 2.08. The van der Waals surface area contributed by atoms with Crippen LogP contribution in [0.1, 0.15) is 31.4 Å². The Morgan fingerprint density at radius 2 is 2.06 bits per heavy atom. The second kappa shape index (κ2) is 7.01. The Morgan fingerprint density at radius 1 is 1.39 bits per heavy atom. The number of rotatable bonds is 6. The van der Waals surface area contributed by atoms with Gasteiger partial charge in [-0.3, -0.25) is 4.79 Å². The fraction of sp³-hybridized carbons (Fsp3) is 0.500. The molecule has 0 aliphatic heterocycles. The molecule has 1 aromatic carbocycles. The van der Waals surface area contributed by atoms with Crippen LogP contribution >= 0.6 is 0 Å². The first kappa shape index (κ1) is 14.5. The maximum atomic E-state index is 11.4. The van der Waals surface area contributed by atoms with Gasteiger partial charge in [-0.15, -0.1) is 0 Å². The molecule has 0 spiro atoms. The number of benzene rings is 1. The van der Waals surface area contributed by atoms with Gasteiger partial charge in [0.2, 0.25) is 5.91 Å². The lowest BCUT2D eigenvalue weighted by Gasteiger charge is -2.14. The molecule has 0 aromatic heterocycles. The predicted octanol–water partition coefficient (Wildman–Crippen LogP) is 1.95. The first-order chi connectivity index (χ1) is 8.52. The second-order valence-electron chi connectivity index (χ2n) is 4.57. The number of para-hydroxylation sites is 1. The first-order valence-electron chi connectivity index (χ1n) is 6.20. The Kier molecular flexibility index (Phi) is 5.65. The van der Waals surface area contributed by atoms with E-state index < -0.39 is 0 Å². The van der Waals surface area contributed by atoms with Gasteiger partial charge < -0.3 is 15.4 Å². The maximum absolute atomic E-state index is 11.4. The molecule has 1 rings (SSSR count). The molecule has 4 heteroatoms. The number of hydrogen-bond donors (Lipinski definition) is 1. The van der Waals surface area contributed by atoms with E-state index in [1.54, 1.807) is 19.0 Å². The molecule has 0 aliphatic rings. The molecular formula is C14H22N2O2. The molecule has 0 aliphatic carbocycles. The molecule has 1 aromatic rings. The van der Waals surface area contributed by atoms with Crippen LogP contribution in [0.2, 0.25) is 0 Å². The van der Waals surface area contributed by atoms with Crippen molar-refractivity contribution in [1.82, 2.24) is 4.90 Å². The van der Waals surface area contributed by atoms with E-state index in [-0.39, 0.29) is 11.9 Å². The minimum absolute atomic E-state index is 0.0513. The Labute approximate surface area is 109 Å². The first-order valence-corrected chi connectivity index (χ1v) is 6.20. The van der Waals surface area contributed by atoms with E-state index in [1.807, 2.05) is 31.2 Å². The van der Waals surface area contributed by atoms with Gasteiger partial charge >= 0.3 is 0 Å². The Balaban J connectivity index is 2.42. The third-order valence-electron chi connectivity index (χ3n) is 2.70. The zero-order chi connectivity index (χ0) is 13.5. The van der Waals surface area contributed by atoms with Crippen LogP contribution in [0.15, 0.2) is 24.3 Å². The summed E-state index contributed by atoms with van der Waals surface area (Å²) in [7, 11) is 3.52. The van der Waals surface area contributed by atoms with Crippen LogP contribution in [-0.2, 0) is 4.79 Å². The van der Waals surface area contributed by atoms with Crippen LogP contribution < -0.4 is 10.5 Å². The van der Waals surface area contributed by atoms with Crippen LogP contribution in [0.3, 0.4) is 0 Å². The zero-order valence-corrected chi connectivity index (χ0v) is 11.3. The summed E-state index contributed by atoms with van der Waals surface area (Å²) in [6.45, 7) is 2.46. The van der Waals surface area contributed by atoms with E-state index in [9.17, 15) is 4.79 Å². The van der Waals surface area contributed by atoms with E-state index in [0.717, 1.165) is 11.3 Å². The van der Waals surface area contributed by atoms with Crippen LogP contribution in [0.5, 0.6) is 5.75 Å². The smallest absolute Gasteiger partial charge is 0.222 e. The fourth-order valence-electron chi connectivity index (χ4n) is 1.62. The largest absolute Gasteiger partial charge is 0.493 e. The monoisotopic (exact) mass is 250 g/mol. The standard InChI is InChI=1S/C14H22N2O2/c1-11(15)12-7-4-5-8-13(12)18-10-6-9-14(17)16(2)3/h4-5,7-8,11H,6,9-10,15H2,1-3H3/t11-/m0/s1. The molecule has 4 nitrogen and oxygen atoms in total. The van der Waals surface area contributed by atoms with E-state index in [0.29, 0.717) is 19.4 Å². The molecule has 0 saturated carbocycles. The van der Waals surface area contributed by atoms with Gasteiger partial charge in [-0.25, -0.2) is 0 Å². The fourth-order valence-corrected chi connectivity index (χ4v) is 1.62. The van der Waals surface area contributed by atoms with Crippen molar-refractivity contribution in [2.75, 3.05) is 20.7 Å². The number of ether oxygens (including phenoxy) is 1.